The molecule has 4 nitrogen and oxygen atoms in total. The van der Waals surface area contributed by atoms with Gasteiger partial charge in [0.05, 0.1) is 13.7 Å². The summed E-state index contributed by atoms with van der Waals surface area (Å²) in [6, 6.07) is 7.72. The van der Waals surface area contributed by atoms with Crippen LogP contribution in [0.3, 0.4) is 0 Å². The van der Waals surface area contributed by atoms with Gasteiger partial charge in [-0.2, -0.15) is 0 Å². The summed E-state index contributed by atoms with van der Waals surface area (Å²) in [5, 5.41) is 0. The number of hydrogen-bond acceptors (Lipinski definition) is 4. The third kappa shape index (κ3) is 2.57. The number of fused-ring (bicyclic) bond motifs is 1. The first kappa shape index (κ1) is 13.2. The molecule has 0 spiro atoms. The lowest BCUT2D eigenvalue weighted by molar-refractivity contribution is -0.261. The van der Waals surface area contributed by atoms with E-state index in [1.54, 1.807) is 13.2 Å². The number of benzene rings is 1. The predicted octanol–water partition coefficient (Wildman–Crippen LogP) is 2.97. The number of hydrogen-bond donors (Lipinski definition) is 0. The van der Waals surface area contributed by atoms with E-state index in [1.807, 2.05) is 30.3 Å². The highest BCUT2D eigenvalue weighted by Crippen LogP contribution is 2.33. The second-order valence-corrected chi connectivity index (χ2v) is 4.82. The number of ether oxygens (including phenoxy) is 4. The standard InChI is InChI=1S/C16H18O4/c1-3-12-8-9-14-15(19-12)10-18-16(20-14)11-4-6-13(17-2)7-5-11/h3-8,14-16H,1,9-10H2,2H3/t14-,15+,16+/m0/s1. The molecule has 1 aromatic carbocycles. The molecule has 2 aliphatic rings. The maximum absolute atomic E-state index is 5.98. The van der Waals surface area contributed by atoms with E-state index in [1.165, 1.54) is 0 Å². The van der Waals surface area contributed by atoms with Crippen LogP contribution in [0.4, 0.5) is 0 Å². The van der Waals surface area contributed by atoms with E-state index in [0.29, 0.717) is 6.61 Å². The first-order valence-corrected chi connectivity index (χ1v) is 6.70. The average Bonchev–Trinajstić information content (AvgIpc) is 2.54. The fourth-order valence-electron chi connectivity index (χ4n) is 2.41. The zero-order valence-corrected chi connectivity index (χ0v) is 11.5. The van der Waals surface area contributed by atoms with E-state index in [-0.39, 0.29) is 18.5 Å². The number of rotatable bonds is 3. The molecule has 0 N–H and O–H groups in total. The van der Waals surface area contributed by atoms with E-state index in [2.05, 4.69) is 6.58 Å². The Bertz CT molecular complexity index is 506. The molecule has 0 aliphatic carbocycles. The van der Waals surface area contributed by atoms with E-state index >= 15 is 0 Å². The Kier molecular flexibility index (Phi) is 3.76. The van der Waals surface area contributed by atoms with Crippen molar-refractivity contribution < 1.29 is 18.9 Å². The van der Waals surface area contributed by atoms with Gasteiger partial charge in [-0.1, -0.05) is 18.7 Å². The Hall–Kier alpha value is -1.78. The highest BCUT2D eigenvalue weighted by Gasteiger charge is 2.35. The van der Waals surface area contributed by atoms with E-state index in [4.69, 9.17) is 18.9 Å². The zero-order chi connectivity index (χ0) is 13.9. The van der Waals surface area contributed by atoms with Crippen LogP contribution in [-0.2, 0) is 14.2 Å². The van der Waals surface area contributed by atoms with Crippen LogP contribution in [0.15, 0.2) is 48.8 Å². The Morgan fingerprint density at radius 2 is 2.05 bits per heavy atom. The molecule has 0 aromatic heterocycles. The number of allylic oxidation sites excluding steroid dienone is 1. The molecule has 3 rings (SSSR count). The van der Waals surface area contributed by atoms with Crippen LogP contribution in [0.25, 0.3) is 0 Å². The van der Waals surface area contributed by atoms with E-state index < -0.39 is 0 Å². The fourth-order valence-corrected chi connectivity index (χ4v) is 2.41. The van der Waals surface area contributed by atoms with Crippen molar-refractivity contribution in [3.63, 3.8) is 0 Å². The van der Waals surface area contributed by atoms with Crippen molar-refractivity contribution in [3.05, 3.63) is 54.3 Å². The van der Waals surface area contributed by atoms with Crippen molar-refractivity contribution in [1.29, 1.82) is 0 Å². The van der Waals surface area contributed by atoms with Gasteiger partial charge >= 0.3 is 0 Å². The van der Waals surface area contributed by atoms with Crippen LogP contribution >= 0.6 is 0 Å². The molecule has 0 saturated carbocycles. The monoisotopic (exact) mass is 274 g/mol. The zero-order valence-electron chi connectivity index (χ0n) is 11.5. The summed E-state index contributed by atoms with van der Waals surface area (Å²) >= 11 is 0. The van der Waals surface area contributed by atoms with Crippen molar-refractivity contribution in [2.24, 2.45) is 0 Å². The van der Waals surface area contributed by atoms with Crippen LogP contribution in [0.2, 0.25) is 0 Å². The minimum Gasteiger partial charge on any atom is -0.497 e. The molecule has 0 bridgehead atoms. The lowest BCUT2D eigenvalue weighted by Crippen LogP contribution is -2.43. The molecule has 0 amide bonds. The van der Waals surface area contributed by atoms with Gasteiger partial charge in [-0.25, -0.2) is 0 Å². The Labute approximate surface area is 118 Å². The van der Waals surface area contributed by atoms with Gasteiger partial charge < -0.3 is 18.9 Å². The average molecular weight is 274 g/mol. The first-order valence-electron chi connectivity index (χ1n) is 6.70. The van der Waals surface area contributed by atoms with Crippen LogP contribution < -0.4 is 4.74 Å². The van der Waals surface area contributed by atoms with Gasteiger partial charge in [0.1, 0.15) is 23.7 Å². The molecule has 2 heterocycles. The first-order chi connectivity index (χ1) is 9.80. The molecule has 0 unspecified atom stereocenters. The third-order valence-electron chi connectivity index (χ3n) is 3.55. The van der Waals surface area contributed by atoms with Gasteiger partial charge in [0, 0.05) is 5.56 Å². The summed E-state index contributed by atoms with van der Waals surface area (Å²) in [5.74, 6) is 1.63. The maximum Gasteiger partial charge on any atom is 0.184 e. The largest absolute Gasteiger partial charge is 0.497 e. The van der Waals surface area contributed by atoms with Gasteiger partial charge in [0.15, 0.2) is 6.29 Å². The molecule has 0 radical (unpaired) electrons. The Morgan fingerprint density at radius 3 is 2.75 bits per heavy atom. The minimum absolute atomic E-state index is 0.0274. The lowest BCUT2D eigenvalue weighted by Gasteiger charge is -2.38. The van der Waals surface area contributed by atoms with Crippen molar-refractivity contribution in [2.45, 2.75) is 24.9 Å². The van der Waals surface area contributed by atoms with Crippen LogP contribution in [0.5, 0.6) is 5.75 Å². The van der Waals surface area contributed by atoms with Gasteiger partial charge in [0.25, 0.3) is 0 Å². The Morgan fingerprint density at radius 1 is 1.25 bits per heavy atom. The molecule has 20 heavy (non-hydrogen) atoms. The normalized spacial score (nSPS) is 28.9. The van der Waals surface area contributed by atoms with Gasteiger partial charge in [-0.15, -0.1) is 0 Å². The lowest BCUT2D eigenvalue weighted by atomic mass is 10.1. The molecule has 1 aromatic rings. The molecule has 106 valence electrons. The van der Waals surface area contributed by atoms with Gasteiger partial charge in [-0.3, -0.25) is 0 Å². The van der Waals surface area contributed by atoms with Crippen LogP contribution in [0, 0.1) is 0 Å². The summed E-state index contributed by atoms with van der Waals surface area (Å²) in [5.41, 5.74) is 0.989. The molecule has 4 heteroatoms. The van der Waals surface area contributed by atoms with E-state index in [9.17, 15) is 0 Å². The highest BCUT2D eigenvalue weighted by molar-refractivity contribution is 5.28. The maximum atomic E-state index is 5.98. The molecular formula is C16H18O4. The van der Waals surface area contributed by atoms with Crippen molar-refractivity contribution in [2.75, 3.05) is 13.7 Å². The summed E-state index contributed by atoms with van der Waals surface area (Å²) in [4.78, 5) is 0. The summed E-state index contributed by atoms with van der Waals surface area (Å²) in [6.07, 6.45) is 4.17. The molecule has 3 atom stereocenters. The number of methoxy groups -OCH3 is 1. The third-order valence-corrected chi connectivity index (χ3v) is 3.55. The van der Waals surface area contributed by atoms with E-state index in [0.717, 1.165) is 23.5 Å². The molecule has 1 fully saturated rings. The predicted molar refractivity (Wildman–Crippen MR) is 74.3 cm³/mol. The van der Waals surface area contributed by atoms with Crippen LogP contribution in [0.1, 0.15) is 18.3 Å². The van der Waals surface area contributed by atoms with Crippen molar-refractivity contribution >= 4 is 0 Å². The quantitative estimate of drug-likeness (QED) is 0.849. The second kappa shape index (κ2) is 5.69. The van der Waals surface area contributed by atoms with Gasteiger partial charge in [-0.05, 0) is 30.7 Å². The van der Waals surface area contributed by atoms with Crippen molar-refractivity contribution in [1.82, 2.24) is 0 Å². The smallest absolute Gasteiger partial charge is 0.184 e. The minimum atomic E-state index is -0.343. The second-order valence-electron chi connectivity index (χ2n) is 4.82. The molecular weight excluding hydrogens is 256 g/mol. The molecule has 2 aliphatic heterocycles. The van der Waals surface area contributed by atoms with Gasteiger partial charge in [0.2, 0.25) is 0 Å². The Balaban J connectivity index is 1.69. The highest BCUT2D eigenvalue weighted by atomic mass is 16.7. The summed E-state index contributed by atoms with van der Waals surface area (Å²) in [6.45, 7) is 4.23. The topological polar surface area (TPSA) is 36.9 Å². The SMILES string of the molecule is C=CC1=CC[C@@H]2O[C@H](c3ccc(OC)cc3)OC[C@H]2O1. The molecule has 1 saturated heterocycles. The summed E-state index contributed by atoms with van der Waals surface area (Å²) in [7, 11) is 1.65. The van der Waals surface area contributed by atoms with Crippen LogP contribution in [-0.4, -0.2) is 25.9 Å². The fraction of sp³-hybridized carbons (Fsp3) is 0.375. The van der Waals surface area contributed by atoms with Crippen molar-refractivity contribution in [3.8, 4) is 5.75 Å². The summed E-state index contributed by atoms with van der Waals surface area (Å²) < 4.78 is 22.6.